The quantitative estimate of drug-likeness (QED) is 0.557. The Hall–Kier alpha value is -3.23. The molecule has 1 amide bonds. The third-order valence-corrected chi connectivity index (χ3v) is 4.43. The summed E-state index contributed by atoms with van der Waals surface area (Å²) in [6.45, 7) is 2.97. The van der Waals surface area contributed by atoms with Gasteiger partial charge < -0.3 is 14.6 Å². The van der Waals surface area contributed by atoms with Gasteiger partial charge in [0, 0.05) is 40.3 Å². The maximum atomic E-state index is 12.4. The summed E-state index contributed by atoms with van der Waals surface area (Å²) in [6, 6.07) is 15.2. The van der Waals surface area contributed by atoms with Gasteiger partial charge in [0.1, 0.15) is 5.75 Å². The molecule has 0 unspecified atom stereocenters. The summed E-state index contributed by atoms with van der Waals surface area (Å²) in [6.07, 6.45) is 5.63. The SMILES string of the molecule is CCOc1ccc(Cl)cc1NC(=O)C=Cc1cn(CCC#N)c2ccccc12. The topological polar surface area (TPSA) is 67.0 Å². The highest BCUT2D eigenvalue weighted by atomic mass is 35.5. The van der Waals surface area contributed by atoms with E-state index in [0.717, 1.165) is 16.5 Å². The first-order chi connectivity index (χ1) is 13.6. The van der Waals surface area contributed by atoms with Gasteiger partial charge in [-0.3, -0.25) is 4.79 Å². The molecule has 0 aliphatic rings. The van der Waals surface area contributed by atoms with E-state index in [1.54, 1.807) is 24.3 Å². The van der Waals surface area contributed by atoms with Crippen LogP contribution in [0.2, 0.25) is 5.02 Å². The Bertz CT molecular complexity index is 1060. The Morgan fingerprint density at radius 1 is 1.32 bits per heavy atom. The van der Waals surface area contributed by atoms with Crippen LogP contribution in [-0.2, 0) is 11.3 Å². The van der Waals surface area contributed by atoms with Crippen LogP contribution in [0.25, 0.3) is 17.0 Å². The van der Waals surface area contributed by atoms with E-state index in [1.807, 2.05) is 42.0 Å². The van der Waals surface area contributed by atoms with Crippen molar-refractivity contribution in [3.63, 3.8) is 0 Å². The molecule has 0 radical (unpaired) electrons. The Morgan fingerprint density at radius 2 is 2.14 bits per heavy atom. The minimum atomic E-state index is -0.280. The van der Waals surface area contributed by atoms with Crippen molar-refractivity contribution >= 4 is 40.2 Å². The number of hydrogen-bond acceptors (Lipinski definition) is 3. The molecule has 2 aromatic carbocycles. The maximum absolute atomic E-state index is 12.4. The first-order valence-corrected chi connectivity index (χ1v) is 9.36. The number of nitriles is 1. The zero-order chi connectivity index (χ0) is 19.9. The fourth-order valence-corrected chi connectivity index (χ4v) is 3.16. The second-order valence-corrected chi connectivity index (χ2v) is 6.54. The molecule has 5 nitrogen and oxygen atoms in total. The predicted molar refractivity (Wildman–Crippen MR) is 112 cm³/mol. The van der Waals surface area contributed by atoms with Crippen LogP contribution in [0.4, 0.5) is 5.69 Å². The number of carbonyl (C=O) groups is 1. The molecule has 0 aliphatic carbocycles. The van der Waals surface area contributed by atoms with E-state index in [-0.39, 0.29) is 5.91 Å². The molecule has 0 fully saturated rings. The second kappa shape index (κ2) is 9.12. The molecule has 0 saturated heterocycles. The Labute approximate surface area is 168 Å². The third-order valence-electron chi connectivity index (χ3n) is 4.20. The Kier molecular flexibility index (Phi) is 6.36. The number of aryl methyl sites for hydroxylation is 1. The van der Waals surface area contributed by atoms with Gasteiger partial charge in [-0.1, -0.05) is 29.8 Å². The van der Waals surface area contributed by atoms with Gasteiger partial charge in [0.15, 0.2) is 0 Å². The molecule has 0 bridgehead atoms. The number of ether oxygens (including phenoxy) is 1. The van der Waals surface area contributed by atoms with E-state index in [9.17, 15) is 4.79 Å². The Balaban J connectivity index is 1.82. The van der Waals surface area contributed by atoms with Crippen LogP contribution >= 0.6 is 11.6 Å². The number of amides is 1. The minimum absolute atomic E-state index is 0.280. The number of nitrogens with zero attached hydrogens (tertiary/aromatic N) is 2. The van der Waals surface area contributed by atoms with Crippen molar-refractivity contribution in [2.45, 2.75) is 19.9 Å². The van der Waals surface area contributed by atoms with Gasteiger partial charge in [-0.05, 0) is 37.3 Å². The molecule has 0 saturated carbocycles. The van der Waals surface area contributed by atoms with Crippen molar-refractivity contribution in [3.8, 4) is 11.8 Å². The number of nitrogens with one attached hydrogen (secondary N) is 1. The van der Waals surface area contributed by atoms with E-state index >= 15 is 0 Å². The average molecular weight is 394 g/mol. The standard InChI is InChI=1S/C22H20ClN3O2/c1-2-28-21-10-9-17(23)14-19(21)25-22(27)11-8-16-15-26(13-5-12-24)20-7-4-3-6-18(16)20/h3-4,6-11,14-15H,2,5,13H2,1H3,(H,25,27). The summed E-state index contributed by atoms with van der Waals surface area (Å²) >= 11 is 6.03. The van der Waals surface area contributed by atoms with Crippen molar-refractivity contribution in [1.82, 2.24) is 4.57 Å². The largest absolute Gasteiger partial charge is 0.492 e. The molecule has 142 valence electrons. The van der Waals surface area contributed by atoms with Crippen LogP contribution in [0.3, 0.4) is 0 Å². The minimum Gasteiger partial charge on any atom is -0.492 e. The molecule has 1 aromatic heterocycles. The zero-order valence-corrected chi connectivity index (χ0v) is 16.2. The van der Waals surface area contributed by atoms with Crippen molar-refractivity contribution in [1.29, 1.82) is 5.26 Å². The summed E-state index contributed by atoms with van der Waals surface area (Å²) in [7, 11) is 0. The lowest BCUT2D eigenvalue weighted by molar-refractivity contribution is -0.111. The smallest absolute Gasteiger partial charge is 0.248 e. The highest BCUT2D eigenvalue weighted by molar-refractivity contribution is 6.31. The molecular formula is C22H20ClN3O2. The van der Waals surface area contributed by atoms with E-state index in [1.165, 1.54) is 6.08 Å². The number of aromatic nitrogens is 1. The van der Waals surface area contributed by atoms with Crippen molar-refractivity contribution in [2.24, 2.45) is 0 Å². The van der Waals surface area contributed by atoms with Crippen LogP contribution in [0.15, 0.2) is 54.7 Å². The molecule has 6 heteroatoms. The predicted octanol–water partition coefficient (Wildman–Crippen LogP) is 5.26. The number of halogens is 1. The number of carbonyl (C=O) groups excluding carboxylic acids is 1. The highest BCUT2D eigenvalue weighted by Gasteiger charge is 2.09. The monoisotopic (exact) mass is 393 g/mol. The number of anilines is 1. The number of rotatable bonds is 7. The molecule has 3 aromatic rings. The molecule has 0 atom stereocenters. The number of para-hydroxylation sites is 1. The van der Waals surface area contributed by atoms with Crippen molar-refractivity contribution in [2.75, 3.05) is 11.9 Å². The maximum Gasteiger partial charge on any atom is 0.248 e. The summed E-state index contributed by atoms with van der Waals surface area (Å²) < 4.78 is 7.56. The molecule has 3 rings (SSSR count). The van der Waals surface area contributed by atoms with Gasteiger partial charge in [-0.25, -0.2) is 0 Å². The molecule has 1 N–H and O–H groups in total. The van der Waals surface area contributed by atoms with Crippen LogP contribution < -0.4 is 10.1 Å². The van der Waals surface area contributed by atoms with Gasteiger partial charge in [0.2, 0.25) is 5.91 Å². The summed E-state index contributed by atoms with van der Waals surface area (Å²) in [4.78, 5) is 12.4. The first kappa shape index (κ1) is 19.5. The fraction of sp³-hybridized carbons (Fsp3) is 0.182. The summed E-state index contributed by atoms with van der Waals surface area (Å²) in [5, 5.41) is 13.2. The van der Waals surface area contributed by atoms with Gasteiger partial charge in [-0.2, -0.15) is 5.26 Å². The lowest BCUT2D eigenvalue weighted by atomic mass is 10.1. The molecule has 1 heterocycles. The van der Waals surface area contributed by atoms with Crippen LogP contribution in [0, 0.1) is 11.3 Å². The normalized spacial score (nSPS) is 10.9. The zero-order valence-electron chi connectivity index (χ0n) is 15.5. The lowest BCUT2D eigenvalue weighted by Gasteiger charge is -2.10. The molecule has 28 heavy (non-hydrogen) atoms. The van der Waals surface area contributed by atoms with Gasteiger partial charge in [0.25, 0.3) is 0 Å². The molecular weight excluding hydrogens is 374 g/mol. The van der Waals surface area contributed by atoms with Crippen LogP contribution in [-0.4, -0.2) is 17.1 Å². The lowest BCUT2D eigenvalue weighted by Crippen LogP contribution is -2.09. The van der Waals surface area contributed by atoms with Gasteiger partial charge >= 0.3 is 0 Å². The molecule has 0 spiro atoms. The van der Waals surface area contributed by atoms with Crippen molar-refractivity contribution in [3.05, 3.63) is 65.3 Å². The summed E-state index contributed by atoms with van der Waals surface area (Å²) in [5.74, 6) is 0.291. The third kappa shape index (κ3) is 4.54. The number of fused-ring (bicyclic) bond motifs is 1. The van der Waals surface area contributed by atoms with E-state index < -0.39 is 0 Å². The first-order valence-electron chi connectivity index (χ1n) is 8.98. The summed E-state index contributed by atoms with van der Waals surface area (Å²) in [5.41, 5.74) is 2.48. The fourth-order valence-electron chi connectivity index (χ4n) is 2.98. The van der Waals surface area contributed by atoms with E-state index in [4.69, 9.17) is 21.6 Å². The van der Waals surface area contributed by atoms with Crippen LogP contribution in [0.5, 0.6) is 5.75 Å². The Morgan fingerprint density at radius 3 is 2.93 bits per heavy atom. The van der Waals surface area contributed by atoms with Crippen molar-refractivity contribution < 1.29 is 9.53 Å². The average Bonchev–Trinajstić information content (AvgIpc) is 3.05. The van der Waals surface area contributed by atoms with E-state index in [2.05, 4.69) is 11.4 Å². The second-order valence-electron chi connectivity index (χ2n) is 6.10. The van der Waals surface area contributed by atoms with Crippen LogP contribution in [0.1, 0.15) is 18.9 Å². The number of hydrogen-bond donors (Lipinski definition) is 1. The number of benzene rings is 2. The van der Waals surface area contributed by atoms with Gasteiger partial charge in [0.05, 0.1) is 24.8 Å². The molecule has 0 aliphatic heterocycles. The van der Waals surface area contributed by atoms with E-state index in [0.29, 0.717) is 36.0 Å². The highest BCUT2D eigenvalue weighted by Crippen LogP contribution is 2.28. The van der Waals surface area contributed by atoms with Gasteiger partial charge in [-0.15, -0.1) is 0 Å².